The molecule has 2 aromatic carbocycles. The number of hydrogen-bond donors (Lipinski definition) is 1. The van der Waals surface area contributed by atoms with Crippen molar-refractivity contribution < 1.29 is 0 Å². The van der Waals surface area contributed by atoms with Crippen molar-refractivity contribution in [2.75, 3.05) is 23.3 Å². The van der Waals surface area contributed by atoms with Crippen LogP contribution < -0.4 is 10.2 Å². The molecule has 1 aliphatic rings. The maximum absolute atomic E-state index is 4.51. The van der Waals surface area contributed by atoms with Crippen LogP contribution in [0.2, 0.25) is 0 Å². The van der Waals surface area contributed by atoms with Gasteiger partial charge in [-0.3, -0.25) is 0 Å². The first-order valence-corrected chi connectivity index (χ1v) is 11.0. The molecule has 0 radical (unpaired) electrons. The maximum atomic E-state index is 4.51. The van der Waals surface area contributed by atoms with Gasteiger partial charge in [0.1, 0.15) is 6.33 Å². The van der Waals surface area contributed by atoms with Gasteiger partial charge >= 0.3 is 0 Å². The zero-order valence-electron chi connectivity index (χ0n) is 16.5. The Hall–Kier alpha value is -2.92. The first-order chi connectivity index (χ1) is 14.3. The molecular weight excluding hydrogens is 376 g/mol. The van der Waals surface area contributed by atoms with E-state index in [0.29, 0.717) is 0 Å². The SMILES string of the molecule is CC1CCN(c2ccc(Nc3ncnc4cc(-c5ccccc5)sc34)cc2)CC1. The van der Waals surface area contributed by atoms with E-state index in [1.54, 1.807) is 17.7 Å². The molecule has 3 heterocycles. The Labute approximate surface area is 175 Å². The minimum atomic E-state index is 0.846. The van der Waals surface area contributed by atoms with Crippen molar-refractivity contribution in [1.29, 1.82) is 0 Å². The standard InChI is InChI=1S/C24H24N4S/c1-17-11-13-28(14-12-17)20-9-7-19(8-10-20)27-24-23-21(25-16-26-24)15-22(29-23)18-5-3-2-4-6-18/h2-10,15-17H,11-14H2,1H3,(H,25,26,27). The summed E-state index contributed by atoms with van der Waals surface area (Å²) in [5.74, 6) is 1.71. The summed E-state index contributed by atoms with van der Waals surface area (Å²) in [4.78, 5) is 12.7. The van der Waals surface area contributed by atoms with Crippen molar-refractivity contribution in [3.05, 3.63) is 67.0 Å². The number of nitrogens with zero attached hydrogens (tertiary/aromatic N) is 3. The van der Waals surface area contributed by atoms with Gasteiger partial charge in [-0.2, -0.15) is 0 Å². The molecule has 5 heteroatoms. The molecule has 1 saturated heterocycles. The minimum absolute atomic E-state index is 0.846. The molecule has 1 N–H and O–H groups in total. The Morgan fingerprint density at radius 1 is 0.966 bits per heavy atom. The van der Waals surface area contributed by atoms with E-state index in [4.69, 9.17) is 0 Å². The summed E-state index contributed by atoms with van der Waals surface area (Å²) >= 11 is 1.73. The van der Waals surface area contributed by atoms with Crippen molar-refractivity contribution >= 4 is 38.7 Å². The lowest BCUT2D eigenvalue weighted by atomic mass is 9.99. The Morgan fingerprint density at radius 2 is 1.72 bits per heavy atom. The van der Waals surface area contributed by atoms with Crippen LogP contribution in [0.3, 0.4) is 0 Å². The number of thiophene rings is 1. The van der Waals surface area contributed by atoms with Crippen LogP contribution in [-0.4, -0.2) is 23.1 Å². The van der Waals surface area contributed by atoms with Crippen LogP contribution in [0.1, 0.15) is 19.8 Å². The lowest BCUT2D eigenvalue weighted by Crippen LogP contribution is -2.32. The predicted molar refractivity (Wildman–Crippen MR) is 123 cm³/mol. The van der Waals surface area contributed by atoms with Crippen molar-refractivity contribution in [2.24, 2.45) is 5.92 Å². The van der Waals surface area contributed by atoms with Gasteiger partial charge in [-0.15, -0.1) is 11.3 Å². The molecule has 1 fully saturated rings. The average Bonchev–Trinajstić information content (AvgIpc) is 3.21. The van der Waals surface area contributed by atoms with E-state index in [1.165, 1.54) is 29.0 Å². The van der Waals surface area contributed by atoms with E-state index in [1.807, 2.05) is 6.07 Å². The lowest BCUT2D eigenvalue weighted by Gasteiger charge is -2.32. The summed E-state index contributed by atoms with van der Waals surface area (Å²) in [6.07, 6.45) is 4.19. The van der Waals surface area contributed by atoms with Gasteiger partial charge in [0.25, 0.3) is 0 Å². The van der Waals surface area contributed by atoms with Gasteiger partial charge in [-0.1, -0.05) is 37.3 Å². The number of fused-ring (bicyclic) bond motifs is 1. The highest BCUT2D eigenvalue weighted by atomic mass is 32.1. The van der Waals surface area contributed by atoms with Gasteiger partial charge in [0, 0.05) is 29.3 Å². The van der Waals surface area contributed by atoms with Crippen molar-refractivity contribution in [2.45, 2.75) is 19.8 Å². The quantitative estimate of drug-likeness (QED) is 0.434. The Morgan fingerprint density at radius 3 is 2.48 bits per heavy atom. The van der Waals surface area contributed by atoms with E-state index >= 15 is 0 Å². The average molecular weight is 401 g/mol. The molecule has 0 amide bonds. The molecule has 1 aliphatic heterocycles. The number of piperidine rings is 1. The third-order valence-electron chi connectivity index (χ3n) is 5.65. The number of anilines is 3. The summed E-state index contributed by atoms with van der Waals surface area (Å²) in [5, 5.41) is 3.49. The summed E-state index contributed by atoms with van der Waals surface area (Å²) in [6.45, 7) is 4.65. The molecule has 4 nitrogen and oxygen atoms in total. The molecule has 0 aliphatic carbocycles. The van der Waals surface area contributed by atoms with Gasteiger partial charge < -0.3 is 10.2 Å². The number of rotatable bonds is 4. The van der Waals surface area contributed by atoms with E-state index < -0.39 is 0 Å². The Kier molecular flexibility index (Phi) is 4.90. The predicted octanol–water partition coefficient (Wildman–Crippen LogP) is 6.34. The summed E-state index contributed by atoms with van der Waals surface area (Å²) in [6, 6.07) is 21.3. The van der Waals surface area contributed by atoms with Crippen molar-refractivity contribution in [1.82, 2.24) is 9.97 Å². The molecular formula is C24H24N4S. The number of hydrogen-bond acceptors (Lipinski definition) is 5. The van der Waals surface area contributed by atoms with Gasteiger partial charge in [-0.25, -0.2) is 9.97 Å². The monoisotopic (exact) mass is 400 g/mol. The second-order valence-corrected chi connectivity index (χ2v) is 8.81. The number of nitrogens with one attached hydrogen (secondary N) is 1. The molecule has 0 atom stereocenters. The van der Waals surface area contributed by atoms with E-state index in [9.17, 15) is 0 Å². The normalized spacial score (nSPS) is 15.0. The molecule has 0 bridgehead atoms. The van der Waals surface area contributed by atoms with Gasteiger partial charge in [-0.05, 0) is 54.7 Å². The third kappa shape index (κ3) is 3.83. The third-order valence-corrected chi connectivity index (χ3v) is 6.83. The largest absolute Gasteiger partial charge is 0.372 e. The van der Waals surface area contributed by atoms with Crippen LogP contribution in [0.5, 0.6) is 0 Å². The van der Waals surface area contributed by atoms with Crippen LogP contribution in [0.15, 0.2) is 67.0 Å². The van der Waals surface area contributed by atoms with E-state index in [0.717, 1.165) is 40.7 Å². The maximum Gasteiger partial charge on any atom is 0.151 e. The topological polar surface area (TPSA) is 41.0 Å². The number of benzene rings is 2. The van der Waals surface area contributed by atoms with Gasteiger partial charge in [0.05, 0.1) is 10.2 Å². The van der Waals surface area contributed by atoms with Gasteiger partial charge in [0.15, 0.2) is 5.82 Å². The molecule has 29 heavy (non-hydrogen) atoms. The molecule has 5 rings (SSSR count). The fourth-order valence-electron chi connectivity index (χ4n) is 3.85. The second kappa shape index (κ2) is 7.84. The molecule has 0 unspecified atom stereocenters. The molecule has 0 saturated carbocycles. The second-order valence-electron chi connectivity index (χ2n) is 7.75. The molecule has 0 spiro atoms. The zero-order valence-corrected chi connectivity index (χ0v) is 17.3. The number of aromatic nitrogens is 2. The summed E-state index contributed by atoms with van der Waals surface area (Å²) in [7, 11) is 0. The zero-order chi connectivity index (χ0) is 19.6. The highest BCUT2D eigenvalue weighted by molar-refractivity contribution is 7.22. The Balaban J connectivity index is 1.38. The van der Waals surface area contributed by atoms with Crippen LogP contribution in [-0.2, 0) is 0 Å². The fraction of sp³-hybridized carbons (Fsp3) is 0.250. The molecule has 2 aromatic heterocycles. The molecule has 146 valence electrons. The van der Waals surface area contributed by atoms with E-state index in [2.05, 4.69) is 81.7 Å². The summed E-state index contributed by atoms with van der Waals surface area (Å²) in [5.41, 5.74) is 4.54. The summed E-state index contributed by atoms with van der Waals surface area (Å²) < 4.78 is 1.08. The van der Waals surface area contributed by atoms with Crippen LogP contribution >= 0.6 is 11.3 Å². The van der Waals surface area contributed by atoms with Crippen molar-refractivity contribution in [3.8, 4) is 10.4 Å². The van der Waals surface area contributed by atoms with Crippen LogP contribution in [0.4, 0.5) is 17.2 Å². The molecule has 4 aromatic rings. The van der Waals surface area contributed by atoms with E-state index in [-0.39, 0.29) is 0 Å². The highest BCUT2D eigenvalue weighted by Gasteiger charge is 2.16. The highest BCUT2D eigenvalue weighted by Crippen LogP contribution is 2.36. The van der Waals surface area contributed by atoms with Crippen molar-refractivity contribution in [3.63, 3.8) is 0 Å². The first kappa shape index (κ1) is 18.1. The fourth-order valence-corrected chi connectivity index (χ4v) is 4.91. The van der Waals surface area contributed by atoms with Gasteiger partial charge in [0.2, 0.25) is 0 Å². The minimum Gasteiger partial charge on any atom is -0.372 e. The Bertz CT molecular complexity index is 1100. The van der Waals surface area contributed by atoms with Crippen LogP contribution in [0, 0.1) is 5.92 Å². The smallest absolute Gasteiger partial charge is 0.151 e. The first-order valence-electron chi connectivity index (χ1n) is 10.2. The van der Waals surface area contributed by atoms with Crippen LogP contribution in [0.25, 0.3) is 20.7 Å². The lowest BCUT2D eigenvalue weighted by molar-refractivity contribution is 0.438.